The van der Waals surface area contributed by atoms with E-state index in [4.69, 9.17) is 21.7 Å². The molecule has 3 unspecified atom stereocenters. The number of carboxylic acid groups (broad SMARTS) is 2. The Kier molecular flexibility index (Phi) is 11.2. The lowest BCUT2D eigenvalue weighted by molar-refractivity contribution is -0.140. The predicted molar refractivity (Wildman–Crippen MR) is 130 cm³/mol. The Hall–Kier alpha value is -1.14. The fourth-order valence-electron chi connectivity index (χ4n) is 6.74. The quantitative estimate of drug-likeness (QED) is 0.368. The van der Waals surface area contributed by atoms with Crippen molar-refractivity contribution in [3.8, 4) is 0 Å². The fraction of sp³-hybridized carbons (Fsp3) is 0.923. The van der Waals surface area contributed by atoms with Gasteiger partial charge in [0.1, 0.15) is 0 Å². The van der Waals surface area contributed by atoms with E-state index in [1.54, 1.807) is 0 Å². The van der Waals surface area contributed by atoms with Gasteiger partial charge in [0.05, 0.1) is 12.8 Å². The molecule has 2 rings (SSSR count). The molecule has 0 aromatic carbocycles. The molecule has 32 heavy (non-hydrogen) atoms. The van der Waals surface area contributed by atoms with Crippen LogP contribution >= 0.6 is 0 Å². The Labute approximate surface area is 195 Å². The molecule has 6 heteroatoms. The Balaban J connectivity index is 0.000000323. The number of hydrogen-bond acceptors (Lipinski definition) is 4. The zero-order chi connectivity index (χ0) is 24.7. The molecule has 6 nitrogen and oxygen atoms in total. The molecule has 2 aliphatic carbocycles. The first-order valence-electron chi connectivity index (χ1n) is 12.7. The van der Waals surface area contributed by atoms with Crippen molar-refractivity contribution in [3.05, 3.63) is 0 Å². The zero-order valence-electron chi connectivity index (χ0n) is 21.4. The summed E-state index contributed by atoms with van der Waals surface area (Å²) in [5, 5.41) is 18.0. The summed E-state index contributed by atoms with van der Waals surface area (Å²) in [6.45, 7) is 14.4. The van der Waals surface area contributed by atoms with E-state index in [9.17, 15) is 9.59 Å². The molecule has 0 bridgehead atoms. The lowest BCUT2D eigenvalue weighted by atomic mass is 9.80. The molecule has 0 spiro atoms. The van der Waals surface area contributed by atoms with Gasteiger partial charge in [-0.3, -0.25) is 9.59 Å². The summed E-state index contributed by atoms with van der Waals surface area (Å²) in [7, 11) is 0. The van der Waals surface area contributed by atoms with Gasteiger partial charge in [-0.2, -0.15) is 0 Å². The molecular weight excluding hydrogens is 404 g/mol. The van der Waals surface area contributed by atoms with E-state index in [0.29, 0.717) is 48.6 Å². The highest BCUT2D eigenvalue weighted by atomic mass is 16.4. The van der Waals surface area contributed by atoms with Crippen LogP contribution < -0.4 is 11.5 Å². The third-order valence-corrected chi connectivity index (χ3v) is 8.62. The molecule has 2 aliphatic rings. The van der Waals surface area contributed by atoms with Gasteiger partial charge in [-0.25, -0.2) is 0 Å². The molecule has 0 amide bonds. The van der Waals surface area contributed by atoms with E-state index in [-0.39, 0.29) is 23.7 Å². The summed E-state index contributed by atoms with van der Waals surface area (Å²) in [4.78, 5) is 21.9. The van der Waals surface area contributed by atoms with Crippen LogP contribution in [0.1, 0.15) is 92.9 Å². The molecule has 0 saturated heterocycles. The largest absolute Gasteiger partial charge is 0.481 e. The zero-order valence-corrected chi connectivity index (χ0v) is 21.4. The molecule has 0 aliphatic heterocycles. The van der Waals surface area contributed by atoms with Gasteiger partial charge in [-0.1, -0.05) is 54.4 Å². The maximum atomic E-state index is 11.0. The van der Waals surface area contributed by atoms with E-state index < -0.39 is 11.9 Å². The van der Waals surface area contributed by atoms with Crippen LogP contribution in [0.3, 0.4) is 0 Å². The number of aliphatic carboxylic acids is 2. The number of nitrogens with two attached hydrogens (primary N) is 2. The summed E-state index contributed by atoms with van der Waals surface area (Å²) in [5.41, 5.74) is 11.4. The van der Waals surface area contributed by atoms with Crippen molar-refractivity contribution in [2.45, 2.75) is 92.9 Å². The topological polar surface area (TPSA) is 127 Å². The average molecular weight is 455 g/mol. The number of rotatable bonds is 10. The Morgan fingerprint density at radius 3 is 1.28 bits per heavy atom. The number of hydrogen-bond donors (Lipinski definition) is 4. The highest BCUT2D eigenvalue weighted by Gasteiger charge is 2.47. The lowest BCUT2D eigenvalue weighted by Gasteiger charge is -2.26. The van der Waals surface area contributed by atoms with Gasteiger partial charge >= 0.3 is 11.9 Å². The Morgan fingerprint density at radius 2 is 1.06 bits per heavy atom. The second-order valence-corrected chi connectivity index (χ2v) is 11.5. The summed E-state index contributed by atoms with van der Waals surface area (Å²) in [5.74, 6) is 2.43. The summed E-state index contributed by atoms with van der Waals surface area (Å²) in [6.07, 6.45) is 6.76. The van der Waals surface area contributed by atoms with Crippen molar-refractivity contribution in [1.82, 2.24) is 0 Å². The minimum atomic E-state index is -0.706. The molecule has 2 fully saturated rings. The van der Waals surface area contributed by atoms with E-state index in [1.807, 2.05) is 0 Å². The maximum Gasteiger partial charge on any atom is 0.303 e. The van der Waals surface area contributed by atoms with Crippen molar-refractivity contribution in [2.75, 3.05) is 13.1 Å². The minimum absolute atomic E-state index is 0.118. The Bertz CT molecular complexity index is 577. The highest BCUT2D eigenvalue weighted by molar-refractivity contribution is 5.68. The SMILES string of the molecule is CC(C)C1CC(CN)(CC(=O)O)CC1C(C)C.CC[C@@H]1CC(CN)(CC(=O)O)C[C@@H]1CC. The molecule has 6 N–H and O–H groups in total. The molecule has 5 atom stereocenters. The first-order valence-corrected chi connectivity index (χ1v) is 12.7. The van der Waals surface area contributed by atoms with Crippen LogP contribution in [0.5, 0.6) is 0 Å². The first kappa shape index (κ1) is 28.9. The van der Waals surface area contributed by atoms with Crippen molar-refractivity contribution >= 4 is 11.9 Å². The molecule has 0 aromatic heterocycles. The summed E-state index contributed by atoms with van der Waals surface area (Å²) in [6, 6.07) is 0. The molecule has 2 saturated carbocycles. The molecule has 0 radical (unpaired) electrons. The van der Waals surface area contributed by atoms with Crippen LogP contribution in [0.25, 0.3) is 0 Å². The number of carbonyl (C=O) groups is 2. The van der Waals surface area contributed by atoms with Crippen LogP contribution in [0.15, 0.2) is 0 Å². The van der Waals surface area contributed by atoms with Gasteiger partial charge in [0, 0.05) is 0 Å². The molecule has 188 valence electrons. The number of carboxylic acids is 2. The van der Waals surface area contributed by atoms with Crippen LogP contribution in [-0.2, 0) is 9.59 Å². The first-order chi connectivity index (χ1) is 14.9. The van der Waals surface area contributed by atoms with Crippen LogP contribution in [0, 0.1) is 46.3 Å². The van der Waals surface area contributed by atoms with E-state index in [0.717, 1.165) is 38.5 Å². The van der Waals surface area contributed by atoms with Crippen molar-refractivity contribution in [3.63, 3.8) is 0 Å². The van der Waals surface area contributed by atoms with Gasteiger partial charge in [0.2, 0.25) is 0 Å². The van der Waals surface area contributed by atoms with Crippen molar-refractivity contribution < 1.29 is 19.8 Å². The van der Waals surface area contributed by atoms with Gasteiger partial charge in [0.15, 0.2) is 0 Å². The monoisotopic (exact) mass is 454 g/mol. The van der Waals surface area contributed by atoms with Gasteiger partial charge < -0.3 is 21.7 Å². The van der Waals surface area contributed by atoms with E-state index in [2.05, 4.69) is 41.5 Å². The third kappa shape index (κ3) is 7.44. The van der Waals surface area contributed by atoms with Gasteiger partial charge in [-0.05, 0) is 85.1 Å². The van der Waals surface area contributed by atoms with Crippen LogP contribution in [0.2, 0.25) is 0 Å². The lowest BCUT2D eigenvalue weighted by Crippen LogP contribution is -2.31. The smallest absolute Gasteiger partial charge is 0.303 e. The van der Waals surface area contributed by atoms with E-state index in [1.165, 1.54) is 0 Å². The summed E-state index contributed by atoms with van der Waals surface area (Å²) < 4.78 is 0. The normalized spacial score (nSPS) is 34.6. The minimum Gasteiger partial charge on any atom is -0.481 e. The third-order valence-electron chi connectivity index (χ3n) is 8.62. The maximum absolute atomic E-state index is 11.0. The highest BCUT2D eigenvalue weighted by Crippen LogP contribution is 2.52. The molecule has 0 heterocycles. The Morgan fingerprint density at radius 1 is 0.750 bits per heavy atom. The van der Waals surface area contributed by atoms with Crippen molar-refractivity contribution in [2.24, 2.45) is 57.8 Å². The predicted octanol–water partition coefficient (Wildman–Crippen LogP) is 5.00. The standard InChI is InChI=1S/C14H27NO2.C12H23NO2/c1-9(2)11-5-14(8-15,7-13(16)17)6-12(11)10(3)4;1-3-9-5-12(8-13,7-11(14)15)6-10(9)4-2/h9-12H,5-8,15H2,1-4H3,(H,16,17);9-10H,3-8,13H2,1-2H3,(H,14,15)/t;9-,10+,12?. The van der Waals surface area contributed by atoms with Gasteiger partial charge in [0.25, 0.3) is 0 Å². The second kappa shape index (κ2) is 12.4. The van der Waals surface area contributed by atoms with E-state index >= 15 is 0 Å². The average Bonchev–Trinajstić information content (AvgIpc) is 3.27. The second-order valence-electron chi connectivity index (χ2n) is 11.5. The van der Waals surface area contributed by atoms with Crippen LogP contribution in [0.4, 0.5) is 0 Å². The van der Waals surface area contributed by atoms with Gasteiger partial charge in [-0.15, -0.1) is 0 Å². The fourth-order valence-corrected chi connectivity index (χ4v) is 6.74. The molecular formula is C26H50N2O4. The molecule has 0 aromatic rings. The summed E-state index contributed by atoms with van der Waals surface area (Å²) >= 11 is 0. The van der Waals surface area contributed by atoms with Crippen LogP contribution in [-0.4, -0.2) is 35.2 Å². The van der Waals surface area contributed by atoms with Crippen molar-refractivity contribution in [1.29, 1.82) is 0 Å².